The molecule has 12 heteroatoms. The second-order valence-corrected chi connectivity index (χ2v) is 7.65. The summed E-state index contributed by atoms with van der Waals surface area (Å²) >= 11 is 5.84. The fourth-order valence-corrected chi connectivity index (χ4v) is 3.77. The van der Waals surface area contributed by atoms with Crippen LogP contribution >= 0.6 is 11.6 Å². The first-order chi connectivity index (χ1) is 13.2. The van der Waals surface area contributed by atoms with E-state index in [1.165, 1.54) is 25.3 Å². The summed E-state index contributed by atoms with van der Waals surface area (Å²) in [6.45, 7) is 1.44. The smallest absolute Gasteiger partial charge is 0.274 e. The minimum atomic E-state index is -4.47. The normalized spacial score (nSPS) is 11.4. The van der Waals surface area contributed by atoms with Gasteiger partial charge < -0.3 is 0 Å². The molecule has 28 heavy (non-hydrogen) atoms. The molecule has 0 atom stereocenters. The molecule has 0 spiro atoms. The molecule has 2 heterocycles. The number of carbonyl (C=O) groups excluding carboxylic acids is 1. The summed E-state index contributed by atoms with van der Waals surface area (Å²) in [5.41, 5.74) is -1.70. The highest BCUT2D eigenvalue weighted by Crippen LogP contribution is 2.22. The zero-order valence-electron chi connectivity index (χ0n) is 14.2. The van der Waals surface area contributed by atoms with Crippen LogP contribution in [0.5, 0.6) is 0 Å². The van der Waals surface area contributed by atoms with Crippen molar-refractivity contribution in [2.24, 2.45) is 0 Å². The van der Waals surface area contributed by atoms with Gasteiger partial charge in [0.2, 0.25) is 5.91 Å². The zero-order chi connectivity index (χ0) is 20.6. The Morgan fingerprint density at radius 2 is 2.11 bits per heavy atom. The monoisotopic (exact) mass is 423 g/mol. The minimum Gasteiger partial charge on any atom is -0.274 e. The maximum Gasteiger partial charge on any atom is 0.355 e. The molecule has 1 amide bonds. The van der Waals surface area contributed by atoms with Gasteiger partial charge in [0.15, 0.2) is 5.65 Å². The highest BCUT2D eigenvalue weighted by molar-refractivity contribution is 7.90. The van der Waals surface area contributed by atoms with E-state index >= 15 is 0 Å². The molecule has 0 radical (unpaired) electrons. The van der Waals surface area contributed by atoms with Gasteiger partial charge in [-0.15, -0.1) is 5.10 Å². The van der Waals surface area contributed by atoms with Gasteiger partial charge in [0, 0.05) is 12.6 Å². The Morgan fingerprint density at radius 1 is 1.39 bits per heavy atom. The van der Waals surface area contributed by atoms with E-state index < -0.39 is 43.6 Å². The lowest BCUT2D eigenvalue weighted by molar-refractivity contribution is -0.119. The van der Waals surface area contributed by atoms with Crippen molar-refractivity contribution >= 4 is 33.2 Å². The molecule has 0 saturated heterocycles. The predicted molar refractivity (Wildman–Crippen MR) is 96.1 cm³/mol. The van der Waals surface area contributed by atoms with E-state index in [4.69, 9.17) is 16.9 Å². The lowest BCUT2D eigenvalue weighted by Crippen LogP contribution is -2.31. The molecule has 0 unspecified atom stereocenters. The standard InChI is InChI=1S/C16H11ClFN5O4S/c1-2-15(24)21-28(26,27)13-6-12(11(18)5-9(13)7-19)23-16(25)22-8-10(17)3-4-14(22)20-23/h3-6,8H,2H2,1H3,(H,21,24). The number of halogens is 2. The van der Waals surface area contributed by atoms with Gasteiger partial charge in [0.25, 0.3) is 10.0 Å². The summed E-state index contributed by atoms with van der Waals surface area (Å²) in [6, 6.07) is 5.88. The number of amides is 1. The fraction of sp³-hybridized carbons (Fsp3) is 0.125. The van der Waals surface area contributed by atoms with Gasteiger partial charge in [-0.2, -0.15) is 9.94 Å². The summed E-state index contributed by atoms with van der Waals surface area (Å²) in [6.07, 6.45) is 1.14. The highest BCUT2D eigenvalue weighted by Gasteiger charge is 2.25. The number of pyridine rings is 1. The molecule has 1 N–H and O–H groups in total. The molecule has 9 nitrogen and oxygen atoms in total. The fourth-order valence-electron chi connectivity index (χ4n) is 2.40. The van der Waals surface area contributed by atoms with Crippen LogP contribution < -0.4 is 10.4 Å². The highest BCUT2D eigenvalue weighted by atomic mass is 35.5. The van der Waals surface area contributed by atoms with Crippen LogP contribution in [-0.4, -0.2) is 28.5 Å². The Balaban J connectivity index is 2.27. The van der Waals surface area contributed by atoms with Gasteiger partial charge in [0.05, 0.1) is 10.6 Å². The quantitative estimate of drug-likeness (QED) is 0.675. The Hall–Kier alpha value is -3.23. The first kappa shape index (κ1) is 19.5. The zero-order valence-corrected chi connectivity index (χ0v) is 15.8. The van der Waals surface area contributed by atoms with E-state index in [0.29, 0.717) is 10.7 Å². The van der Waals surface area contributed by atoms with E-state index in [-0.39, 0.29) is 17.1 Å². The van der Waals surface area contributed by atoms with Crippen molar-refractivity contribution < 1.29 is 17.6 Å². The number of benzene rings is 1. The number of hydrogen-bond acceptors (Lipinski definition) is 6. The number of rotatable bonds is 4. The summed E-state index contributed by atoms with van der Waals surface area (Å²) < 4.78 is 42.9. The van der Waals surface area contributed by atoms with Crippen LogP contribution in [0, 0.1) is 17.1 Å². The topological polar surface area (TPSA) is 126 Å². The predicted octanol–water partition coefficient (Wildman–Crippen LogP) is 1.36. The van der Waals surface area contributed by atoms with Crippen molar-refractivity contribution in [3.63, 3.8) is 0 Å². The molecule has 3 aromatic rings. The van der Waals surface area contributed by atoms with Crippen LogP contribution in [0.3, 0.4) is 0 Å². The molecule has 144 valence electrons. The maximum absolute atomic E-state index is 14.5. The Bertz CT molecular complexity index is 1320. The average Bonchev–Trinajstić information content (AvgIpc) is 2.96. The molecule has 0 bridgehead atoms. The number of carbonyl (C=O) groups is 1. The average molecular weight is 424 g/mol. The van der Waals surface area contributed by atoms with E-state index in [2.05, 4.69) is 5.10 Å². The van der Waals surface area contributed by atoms with Gasteiger partial charge in [-0.1, -0.05) is 18.5 Å². The summed E-state index contributed by atoms with van der Waals surface area (Å²) in [4.78, 5) is 23.4. The van der Waals surface area contributed by atoms with Gasteiger partial charge in [-0.25, -0.2) is 26.7 Å². The number of fused-ring (bicyclic) bond motifs is 1. The number of hydrogen-bond donors (Lipinski definition) is 1. The van der Waals surface area contributed by atoms with E-state index in [9.17, 15) is 22.4 Å². The Morgan fingerprint density at radius 3 is 2.75 bits per heavy atom. The van der Waals surface area contributed by atoms with Crippen molar-refractivity contribution in [2.75, 3.05) is 0 Å². The van der Waals surface area contributed by atoms with Crippen molar-refractivity contribution in [1.29, 1.82) is 5.26 Å². The van der Waals surface area contributed by atoms with Crippen molar-refractivity contribution in [2.45, 2.75) is 18.2 Å². The van der Waals surface area contributed by atoms with Gasteiger partial charge in [0.1, 0.15) is 22.5 Å². The number of sulfonamides is 1. The lowest BCUT2D eigenvalue weighted by Gasteiger charge is -2.10. The van der Waals surface area contributed by atoms with Crippen LogP contribution in [0.1, 0.15) is 18.9 Å². The first-order valence-electron chi connectivity index (χ1n) is 7.74. The van der Waals surface area contributed by atoms with Crippen LogP contribution in [-0.2, 0) is 14.8 Å². The molecular formula is C16H11ClFN5O4S. The maximum atomic E-state index is 14.5. The third-order valence-corrected chi connectivity index (χ3v) is 5.37. The number of nitrogens with one attached hydrogen (secondary N) is 1. The summed E-state index contributed by atoms with van der Waals surface area (Å²) in [5.74, 6) is -1.86. The molecule has 2 aromatic heterocycles. The Kier molecular flexibility index (Phi) is 4.93. The molecule has 0 saturated carbocycles. The minimum absolute atomic E-state index is 0.123. The third-order valence-electron chi connectivity index (χ3n) is 3.74. The summed E-state index contributed by atoms with van der Waals surface area (Å²) in [5, 5.41) is 13.3. The van der Waals surface area contributed by atoms with Crippen LogP contribution in [0.15, 0.2) is 40.2 Å². The SMILES string of the molecule is CCC(=O)NS(=O)(=O)c1cc(-n2nc3ccc(Cl)cn3c2=O)c(F)cc1C#N. The van der Waals surface area contributed by atoms with Crippen molar-refractivity contribution in [3.05, 3.63) is 57.3 Å². The molecule has 0 aliphatic heterocycles. The lowest BCUT2D eigenvalue weighted by atomic mass is 10.2. The van der Waals surface area contributed by atoms with Crippen molar-refractivity contribution in [1.82, 2.24) is 18.9 Å². The second-order valence-electron chi connectivity index (χ2n) is 5.56. The molecule has 1 aromatic carbocycles. The molecule has 0 aliphatic rings. The van der Waals surface area contributed by atoms with Crippen LogP contribution in [0.4, 0.5) is 4.39 Å². The van der Waals surface area contributed by atoms with E-state index in [1.54, 1.807) is 10.8 Å². The Labute approximate surface area is 162 Å². The first-order valence-corrected chi connectivity index (χ1v) is 9.60. The van der Waals surface area contributed by atoms with Gasteiger partial charge in [-0.3, -0.25) is 4.79 Å². The second kappa shape index (κ2) is 7.06. The molecule has 3 rings (SSSR count). The summed E-state index contributed by atoms with van der Waals surface area (Å²) in [7, 11) is -4.47. The molecule has 0 fully saturated rings. The van der Waals surface area contributed by atoms with Crippen molar-refractivity contribution in [3.8, 4) is 11.8 Å². The van der Waals surface area contributed by atoms with Gasteiger partial charge >= 0.3 is 5.69 Å². The third kappa shape index (κ3) is 3.35. The molecular weight excluding hydrogens is 413 g/mol. The van der Waals surface area contributed by atoms with Gasteiger partial charge in [-0.05, 0) is 24.3 Å². The molecule has 0 aliphatic carbocycles. The number of nitriles is 1. The largest absolute Gasteiger partial charge is 0.355 e. The number of nitrogens with zero attached hydrogens (tertiary/aromatic N) is 4. The van der Waals surface area contributed by atoms with Crippen LogP contribution in [0.25, 0.3) is 11.3 Å². The van der Waals surface area contributed by atoms with Crippen LogP contribution in [0.2, 0.25) is 5.02 Å². The van der Waals surface area contributed by atoms with E-state index in [1.807, 2.05) is 0 Å². The van der Waals surface area contributed by atoms with E-state index in [0.717, 1.165) is 10.5 Å². The number of aromatic nitrogens is 3.